The molecule has 0 saturated carbocycles. The molecule has 0 aliphatic carbocycles. The smallest absolute Gasteiger partial charge is 0.319 e. The van der Waals surface area contributed by atoms with E-state index in [2.05, 4.69) is 15.5 Å². The Morgan fingerprint density at radius 3 is 2.31 bits per heavy atom. The minimum absolute atomic E-state index is 0.0918. The van der Waals surface area contributed by atoms with Crippen molar-refractivity contribution in [2.45, 2.75) is 36.6 Å². The number of hydrogen-bond acceptors (Lipinski definition) is 5. The number of rotatable bonds is 9. The lowest BCUT2D eigenvalue weighted by Gasteiger charge is -2.16. The van der Waals surface area contributed by atoms with Gasteiger partial charge in [-0.05, 0) is 66.8 Å². The summed E-state index contributed by atoms with van der Waals surface area (Å²) in [5.74, 6) is 0.258. The molecule has 3 N–H and O–H groups in total. The van der Waals surface area contributed by atoms with E-state index in [1.807, 2.05) is 61.5 Å². The molecule has 4 rings (SSSR count). The van der Waals surface area contributed by atoms with Gasteiger partial charge in [0.05, 0.1) is 16.7 Å². The van der Waals surface area contributed by atoms with Gasteiger partial charge >= 0.3 is 6.03 Å². The number of aliphatic hydroxyl groups excluding tert-OH is 1. The van der Waals surface area contributed by atoms with Gasteiger partial charge in [-0.2, -0.15) is 0 Å². The lowest BCUT2D eigenvalue weighted by molar-refractivity contribution is 0.220. The molecule has 190 valence electrons. The second-order valence-corrected chi connectivity index (χ2v) is 11.4. The van der Waals surface area contributed by atoms with Crippen molar-refractivity contribution < 1.29 is 18.3 Å². The number of amides is 2. The Labute approximate surface area is 213 Å². The van der Waals surface area contributed by atoms with Crippen molar-refractivity contribution in [3.63, 3.8) is 0 Å². The number of benzene rings is 3. The number of hydrogen-bond donors (Lipinski definition) is 3. The molecule has 3 aromatic rings. The summed E-state index contributed by atoms with van der Waals surface area (Å²) in [6.07, 6.45) is 1.01. The summed E-state index contributed by atoms with van der Waals surface area (Å²) in [5.41, 5.74) is 3.37. The van der Waals surface area contributed by atoms with E-state index in [9.17, 15) is 18.3 Å². The second kappa shape index (κ2) is 11.7. The lowest BCUT2D eigenvalue weighted by atomic mass is 10.1. The molecule has 1 saturated heterocycles. The maximum atomic E-state index is 12.9. The first-order chi connectivity index (χ1) is 17.3. The predicted octanol–water partition coefficient (Wildman–Crippen LogP) is 4.36. The van der Waals surface area contributed by atoms with Crippen LogP contribution in [0.2, 0.25) is 0 Å². The molecule has 0 spiro atoms. The van der Waals surface area contributed by atoms with E-state index in [4.69, 9.17) is 0 Å². The van der Waals surface area contributed by atoms with Gasteiger partial charge in [0.2, 0.25) is 0 Å². The number of nitrogens with zero attached hydrogens (tertiary/aromatic N) is 1. The molecule has 1 aliphatic rings. The van der Waals surface area contributed by atoms with Gasteiger partial charge in [-0.15, -0.1) is 0 Å². The van der Waals surface area contributed by atoms with Crippen LogP contribution < -0.4 is 10.6 Å². The van der Waals surface area contributed by atoms with Gasteiger partial charge in [-0.25, -0.2) is 13.2 Å². The fraction of sp³-hybridized carbons (Fsp3) is 0.321. The van der Waals surface area contributed by atoms with E-state index in [-0.39, 0.29) is 29.3 Å². The van der Waals surface area contributed by atoms with E-state index in [0.717, 1.165) is 42.7 Å². The standard InChI is InChI=1S/C28H33N3O4S/c1-21(25-5-3-2-4-6-25)29-28(33)30-26-11-13-27(14-12-26)36(34,35)20-23-9-7-22(8-10-23)17-31-16-15-24(18-31)19-32/h2-14,21,24,32H,15-20H2,1H3,(H2,29,30,33)/t21-,24?/m0/s1. The quantitative estimate of drug-likeness (QED) is 0.400. The molecular formula is C28H33N3O4S. The molecule has 0 aromatic heterocycles. The van der Waals surface area contributed by atoms with Crippen LogP contribution in [0.15, 0.2) is 83.8 Å². The molecular weight excluding hydrogens is 474 g/mol. The first kappa shape index (κ1) is 25.9. The third-order valence-corrected chi connectivity index (χ3v) is 8.24. The fourth-order valence-corrected chi connectivity index (χ4v) is 5.79. The summed E-state index contributed by atoms with van der Waals surface area (Å²) in [7, 11) is -3.53. The Kier molecular flexibility index (Phi) is 8.40. The lowest BCUT2D eigenvalue weighted by Crippen LogP contribution is -2.31. The molecule has 1 aliphatic heterocycles. The molecule has 2 amide bonds. The zero-order valence-corrected chi connectivity index (χ0v) is 21.2. The summed E-state index contributed by atoms with van der Waals surface area (Å²) in [4.78, 5) is 14.9. The van der Waals surface area contributed by atoms with Crippen LogP contribution in [-0.2, 0) is 22.1 Å². The highest BCUT2D eigenvalue weighted by Gasteiger charge is 2.22. The minimum atomic E-state index is -3.53. The molecule has 2 atom stereocenters. The van der Waals surface area contributed by atoms with Crippen molar-refractivity contribution in [2.75, 3.05) is 25.0 Å². The number of sulfone groups is 1. The van der Waals surface area contributed by atoms with E-state index in [1.54, 1.807) is 12.1 Å². The average molecular weight is 508 g/mol. The molecule has 3 aromatic carbocycles. The summed E-state index contributed by atoms with van der Waals surface area (Å²) in [5, 5.41) is 14.9. The molecule has 1 unspecified atom stereocenters. The Morgan fingerprint density at radius 1 is 1.00 bits per heavy atom. The second-order valence-electron chi connectivity index (χ2n) is 9.40. The van der Waals surface area contributed by atoms with Gasteiger partial charge in [0, 0.05) is 25.4 Å². The molecule has 7 nitrogen and oxygen atoms in total. The average Bonchev–Trinajstić information content (AvgIpc) is 3.33. The Hall–Kier alpha value is -3.20. The third-order valence-electron chi connectivity index (χ3n) is 6.53. The number of aliphatic hydroxyl groups is 1. The van der Waals surface area contributed by atoms with Crippen LogP contribution in [0.1, 0.15) is 36.1 Å². The van der Waals surface area contributed by atoms with Gasteiger partial charge in [-0.1, -0.05) is 54.6 Å². The maximum absolute atomic E-state index is 12.9. The number of carbonyl (C=O) groups excluding carboxylic acids is 1. The largest absolute Gasteiger partial charge is 0.396 e. The summed E-state index contributed by atoms with van der Waals surface area (Å²) in [6.45, 7) is 4.79. The highest BCUT2D eigenvalue weighted by molar-refractivity contribution is 7.90. The van der Waals surface area contributed by atoms with Crippen molar-refractivity contribution in [1.82, 2.24) is 10.2 Å². The molecule has 1 fully saturated rings. The van der Waals surface area contributed by atoms with E-state index < -0.39 is 9.84 Å². The van der Waals surface area contributed by atoms with E-state index in [0.29, 0.717) is 11.6 Å². The van der Waals surface area contributed by atoms with Crippen LogP contribution in [0.5, 0.6) is 0 Å². The molecule has 36 heavy (non-hydrogen) atoms. The summed E-state index contributed by atoms with van der Waals surface area (Å²) in [6, 6.07) is 23.0. The van der Waals surface area contributed by atoms with E-state index in [1.165, 1.54) is 12.1 Å². The first-order valence-electron chi connectivity index (χ1n) is 12.2. The van der Waals surface area contributed by atoms with Crippen molar-refractivity contribution in [3.05, 3.63) is 95.6 Å². The molecule has 0 bridgehead atoms. The summed E-state index contributed by atoms with van der Waals surface area (Å²) < 4.78 is 25.9. The molecule has 8 heteroatoms. The number of anilines is 1. The van der Waals surface area contributed by atoms with Crippen LogP contribution in [0.25, 0.3) is 0 Å². The van der Waals surface area contributed by atoms with Crippen LogP contribution in [0.3, 0.4) is 0 Å². The van der Waals surface area contributed by atoms with Gasteiger partial charge in [0.15, 0.2) is 9.84 Å². The Bertz CT molecular complexity index is 1250. The number of carbonyl (C=O) groups is 1. The normalized spacial score (nSPS) is 17.0. The van der Waals surface area contributed by atoms with Gasteiger partial charge in [-0.3, -0.25) is 4.90 Å². The van der Waals surface area contributed by atoms with Crippen LogP contribution >= 0.6 is 0 Å². The zero-order chi connectivity index (χ0) is 25.5. The van der Waals surface area contributed by atoms with Gasteiger partial charge < -0.3 is 15.7 Å². The van der Waals surface area contributed by atoms with Crippen LogP contribution in [0, 0.1) is 5.92 Å². The number of nitrogens with one attached hydrogen (secondary N) is 2. The Balaban J connectivity index is 1.31. The zero-order valence-electron chi connectivity index (χ0n) is 20.4. The topological polar surface area (TPSA) is 98.7 Å². The Morgan fingerprint density at radius 2 is 1.67 bits per heavy atom. The minimum Gasteiger partial charge on any atom is -0.396 e. The maximum Gasteiger partial charge on any atom is 0.319 e. The summed E-state index contributed by atoms with van der Waals surface area (Å²) >= 11 is 0. The third kappa shape index (κ3) is 6.94. The molecule has 0 radical (unpaired) electrons. The van der Waals surface area contributed by atoms with Crippen LogP contribution in [0.4, 0.5) is 10.5 Å². The fourth-order valence-electron chi connectivity index (χ4n) is 4.44. The van der Waals surface area contributed by atoms with Crippen molar-refractivity contribution in [2.24, 2.45) is 5.92 Å². The predicted molar refractivity (Wildman–Crippen MR) is 141 cm³/mol. The first-order valence-corrected chi connectivity index (χ1v) is 13.8. The van der Waals surface area contributed by atoms with Gasteiger partial charge in [0.25, 0.3) is 0 Å². The highest BCUT2D eigenvalue weighted by atomic mass is 32.2. The van der Waals surface area contributed by atoms with Crippen molar-refractivity contribution >= 4 is 21.6 Å². The SMILES string of the molecule is C[C@H](NC(=O)Nc1ccc(S(=O)(=O)Cc2ccc(CN3CCC(CO)C3)cc2)cc1)c1ccccc1. The van der Waals surface area contributed by atoms with E-state index >= 15 is 0 Å². The van der Waals surface area contributed by atoms with Crippen molar-refractivity contribution in [3.8, 4) is 0 Å². The highest BCUT2D eigenvalue weighted by Crippen LogP contribution is 2.21. The monoisotopic (exact) mass is 507 g/mol. The van der Waals surface area contributed by atoms with Crippen LogP contribution in [-0.4, -0.2) is 44.2 Å². The van der Waals surface area contributed by atoms with Gasteiger partial charge in [0.1, 0.15) is 0 Å². The number of urea groups is 1. The molecule has 1 heterocycles. The van der Waals surface area contributed by atoms with Crippen molar-refractivity contribution in [1.29, 1.82) is 0 Å². The number of likely N-dealkylation sites (tertiary alicyclic amines) is 1.